The molecule has 1 rings (SSSR count). The van der Waals surface area contributed by atoms with Crippen molar-refractivity contribution in [3.63, 3.8) is 0 Å². The van der Waals surface area contributed by atoms with Gasteiger partial charge in [-0.1, -0.05) is 11.8 Å². The second-order valence-electron chi connectivity index (χ2n) is 3.27. The normalized spacial score (nSPS) is 13.5. The third-order valence-corrected chi connectivity index (χ3v) is 1.88. The third-order valence-electron chi connectivity index (χ3n) is 1.88. The van der Waals surface area contributed by atoms with Gasteiger partial charge in [-0.3, -0.25) is 9.78 Å². The fourth-order valence-corrected chi connectivity index (χ4v) is 1.11. The molecule has 0 aliphatic heterocycles. The van der Waals surface area contributed by atoms with Crippen LogP contribution in [0.3, 0.4) is 0 Å². The van der Waals surface area contributed by atoms with Gasteiger partial charge in [0.1, 0.15) is 0 Å². The van der Waals surface area contributed by atoms with E-state index in [1.54, 1.807) is 0 Å². The van der Waals surface area contributed by atoms with Crippen LogP contribution >= 0.6 is 0 Å². The third kappa shape index (κ3) is 3.70. The Hall–Kier alpha value is -2.06. The molecule has 9 heteroatoms. The van der Waals surface area contributed by atoms with Crippen LogP contribution < -0.4 is 5.11 Å². The molecule has 0 radical (unpaired) electrons. The molecular formula is C10H4F6NO2-. The van der Waals surface area contributed by atoms with E-state index in [0.717, 1.165) is 12.3 Å². The van der Waals surface area contributed by atoms with Crippen molar-refractivity contribution in [2.45, 2.75) is 12.4 Å². The molecular weight excluding hydrogens is 280 g/mol. The Morgan fingerprint density at radius 1 is 1.21 bits per heavy atom. The van der Waals surface area contributed by atoms with E-state index in [1.807, 2.05) is 0 Å². The Morgan fingerprint density at radius 2 is 1.79 bits per heavy atom. The van der Waals surface area contributed by atoms with Gasteiger partial charge in [-0.2, -0.15) is 26.3 Å². The zero-order chi connectivity index (χ0) is 14.8. The predicted octanol–water partition coefficient (Wildman–Crippen LogP) is 1.93. The molecule has 0 saturated heterocycles. The largest absolute Gasteiger partial charge is 0.872 e. The molecule has 1 heterocycles. The second kappa shape index (κ2) is 4.90. The molecule has 1 aromatic rings. The van der Waals surface area contributed by atoms with Crippen molar-refractivity contribution in [1.82, 2.24) is 4.98 Å². The molecule has 0 amide bonds. The van der Waals surface area contributed by atoms with Gasteiger partial charge in [0.15, 0.2) is 5.69 Å². The Balaban J connectivity index is 3.25. The van der Waals surface area contributed by atoms with Crippen LogP contribution in [-0.4, -0.2) is 16.9 Å². The first-order valence-electron chi connectivity index (χ1n) is 4.56. The molecule has 0 aliphatic carbocycles. The van der Waals surface area contributed by atoms with Gasteiger partial charge in [-0.15, -0.1) is 0 Å². The maximum Gasteiger partial charge on any atom is 0.454 e. The van der Waals surface area contributed by atoms with E-state index in [0.29, 0.717) is 6.07 Å². The van der Waals surface area contributed by atoms with Crippen LogP contribution in [0, 0.1) is 0 Å². The van der Waals surface area contributed by atoms with Gasteiger partial charge >= 0.3 is 12.4 Å². The molecule has 1 aromatic heterocycles. The molecule has 0 fully saturated rings. The Bertz CT molecular complexity index is 517. The summed E-state index contributed by atoms with van der Waals surface area (Å²) in [5, 5.41) is 11.3. The molecule has 0 spiro atoms. The van der Waals surface area contributed by atoms with Crippen molar-refractivity contribution in [1.29, 1.82) is 0 Å². The fraction of sp³-hybridized carbons (Fsp3) is 0.200. The Labute approximate surface area is 102 Å². The molecule has 0 aromatic carbocycles. The molecule has 19 heavy (non-hydrogen) atoms. The van der Waals surface area contributed by atoms with Gasteiger partial charge in [0.05, 0.1) is 0 Å². The highest BCUT2D eigenvalue weighted by atomic mass is 19.4. The Kier molecular flexibility index (Phi) is 3.87. The van der Waals surface area contributed by atoms with E-state index >= 15 is 0 Å². The van der Waals surface area contributed by atoms with E-state index in [-0.39, 0.29) is 0 Å². The molecule has 0 atom stereocenters. The molecule has 0 unspecified atom stereocenters. The number of ketones is 1. The molecule has 104 valence electrons. The van der Waals surface area contributed by atoms with Crippen LogP contribution in [0.15, 0.2) is 24.4 Å². The molecule has 0 aliphatic rings. The van der Waals surface area contributed by atoms with Crippen molar-refractivity contribution in [3.8, 4) is 0 Å². The van der Waals surface area contributed by atoms with Gasteiger partial charge in [-0.05, 0) is 17.7 Å². The summed E-state index contributed by atoms with van der Waals surface area (Å²) in [6.45, 7) is 0. The number of aromatic nitrogens is 1. The summed E-state index contributed by atoms with van der Waals surface area (Å²) in [6, 6.07) is 1.58. The number of nitrogens with zero attached hydrogens (tertiary/aromatic N) is 1. The first-order valence-corrected chi connectivity index (χ1v) is 4.56. The average molecular weight is 284 g/mol. The van der Waals surface area contributed by atoms with E-state index < -0.39 is 41.2 Å². The zero-order valence-electron chi connectivity index (χ0n) is 8.84. The maximum absolute atomic E-state index is 12.4. The van der Waals surface area contributed by atoms with Crippen LogP contribution in [0.5, 0.6) is 0 Å². The van der Waals surface area contributed by atoms with Crippen molar-refractivity contribution in [2.75, 3.05) is 0 Å². The lowest BCUT2D eigenvalue weighted by atomic mass is 10.1. The first-order chi connectivity index (χ1) is 8.53. The number of halogens is 6. The highest BCUT2D eigenvalue weighted by Gasteiger charge is 2.37. The number of allylic oxidation sites excluding steroid dienone is 1. The van der Waals surface area contributed by atoms with Crippen LogP contribution in [0.1, 0.15) is 11.3 Å². The van der Waals surface area contributed by atoms with E-state index in [9.17, 15) is 36.2 Å². The number of alkyl halides is 6. The number of rotatable bonds is 2. The lowest BCUT2D eigenvalue weighted by Crippen LogP contribution is -2.23. The van der Waals surface area contributed by atoms with E-state index in [2.05, 4.69) is 4.98 Å². The summed E-state index contributed by atoms with van der Waals surface area (Å²) in [6.07, 6.45) is -10.0. The Morgan fingerprint density at radius 3 is 2.26 bits per heavy atom. The molecule has 3 nitrogen and oxygen atoms in total. The minimum Gasteiger partial charge on any atom is -0.872 e. The first kappa shape index (κ1) is 15.0. The van der Waals surface area contributed by atoms with Gasteiger partial charge in [0.2, 0.25) is 0 Å². The van der Waals surface area contributed by atoms with Crippen molar-refractivity contribution in [2.24, 2.45) is 0 Å². The standard InChI is InChI=1S/C10H5F6NO2/c11-9(12,13)7(19)4-6(18)5-2-1-3-17-8(5)10(14,15)16/h1-4,18H/p-1/b6-4-. The van der Waals surface area contributed by atoms with Gasteiger partial charge in [-0.25, -0.2) is 0 Å². The summed E-state index contributed by atoms with van der Waals surface area (Å²) in [7, 11) is 0. The topological polar surface area (TPSA) is 53.0 Å². The quantitative estimate of drug-likeness (QED) is 0.474. The monoisotopic (exact) mass is 284 g/mol. The number of hydrogen-bond acceptors (Lipinski definition) is 3. The highest BCUT2D eigenvalue weighted by molar-refractivity contribution is 5.99. The second-order valence-corrected chi connectivity index (χ2v) is 3.27. The fourth-order valence-electron chi connectivity index (χ4n) is 1.11. The molecule has 0 N–H and O–H groups in total. The zero-order valence-corrected chi connectivity index (χ0v) is 8.84. The van der Waals surface area contributed by atoms with Crippen LogP contribution in [0.25, 0.3) is 5.76 Å². The van der Waals surface area contributed by atoms with Crippen molar-refractivity contribution < 1.29 is 36.2 Å². The van der Waals surface area contributed by atoms with Gasteiger partial charge in [0, 0.05) is 6.20 Å². The summed E-state index contributed by atoms with van der Waals surface area (Å²) in [5.74, 6) is -4.24. The SMILES string of the molecule is O=C(/C=C(\[O-])c1cccnc1C(F)(F)F)C(F)(F)F. The van der Waals surface area contributed by atoms with Crippen LogP contribution in [0.4, 0.5) is 26.3 Å². The maximum atomic E-state index is 12.4. The van der Waals surface area contributed by atoms with Crippen LogP contribution in [-0.2, 0) is 11.0 Å². The minimum absolute atomic E-state index is 0.438. The lowest BCUT2D eigenvalue weighted by molar-refractivity contribution is -0.245. The highest BCUT2D eigenvalue weighted by Crippen LogP contribution is 2.32. The molecule has 0 saturated carbocycles. The number of pyridine rings is 1. The van der Waals surface area contributed by atoms with E-state index in [1.165, 1.54) is 0 Å². The number of carbonyl (C=O) groups excluding carboxylic acids is 1. The number of hydrogen-bond donors (Lipinski definition) is 0. The van der Waals surface area contributed by atoms with Crippen molar-refractivity contribution >= 4 is 11.5 Å². The number of carbonyl (C=O) groups is 1. The predicted molar refractivity (Wildman–Crippen MR) is 48.3 cm³/mol. The lowest BCUT2D eigenvalue weighted by Gasteiger charge is -2.17. The minimum atomic E-state index is -5.32. The van der Waals surface area contributed by atoms with E-state index in [4.69, 9.17) is 0 Å². The average Bonchev–Trinajstić information content (AvgIpc) is 2.26. The molecule has 0 bridgehead atoms. The van der Waals surface area contributed by atoms with Gasteiger partial charge < -0.3 is 5.11 Å². The van der Waals surface area contributed by atoms with Crippen LogP contribution in [0.2, 0.25) is 0 Å². The summed E-state index contributed by atoms with van der Waals surface area (Å²) >= 11 is 0. The summed E-state index contributed by atoms with van der Waals surface area (Å²) < 4.78 is 73.0. The smallest absolute Gasteiger partial charge is 0.454 e. The van der Waals surface area contributed by atoms with Gasteiger partial charge in [0.25, 0.3) is 5.78 Å². The summed E-state index contributed by atoms with van der Waals surface area (Å²) in [4.78, 5) is 13.4. The summed E-state index contributed by atoms with van der Waals surface area (Å²) in [5.41, 5.74) is -2.76. The van der Waals surface area contributed by atoms with Crippen molar-refractivity contribution in [3.05, 3.63) is 35.7 Å².